The van der Waals surface area contributed by atoms with Crippen LogP contribution in [-0.2, 0) is 12.8 Å². The summed E-state index contributed by atoms with van der Waals surface area (Å²) >= 11 is 6.02. The van der Waals surface area contributed by atoms with Crippen molar-refractivity contribution < 1.29 is 4.52 Å². The van der Waals surface area contributed by atoms with Gasteiger partial charge in [0, 0.05) is 42.8 Å². The lowest BCUT2D eigenvalue weighted by molar-refractivity contribution is 0.379. The number of hydrogen-bond acceptors (Lipinski definition) is 4. The van der Waals surface area contributed by atoms with E-state index in [0.717, 1.165) is 24.5 Å². The van der Waals surface area contributed by atoms with Gasteiger partial charge in [-0.1, -0.05) is 47.1 Å². The number of para-hydroxylation sites is 1. The molecule has 4 rings (SSSR count). The minimum Gasteiger partial charge on any atom is -0.355 e. The molecule has 0 unspecified atom stereocenters. The minimum absolute atomic E-state index is 0. The lowest BCUT2D eigenvalue weighted by atomic mass is 10.2. The van der Waals surface area contributed by atoms with Crippen molar-refractivity contribution in [3.8, 4) is 11.4 Å². The summed E-state index contributed by atoms with van der Waals surface area (Å²) in [5, 5.41) is 8.07. The van der Waals surface area contributed by atoms with Crippen LogP contribution in [0.4, 0.5) is 5.69 Å². The fraction of sp³-hybridized carbons (Fsp3) is 0.250. The molecule has 0 atom stereocenters. The molecule has 2 aromatic carbocycles. The van der Waals surface area contributed by atoms with Gasteiger partial charge in [0.1, 0.15) is 0 Å². The van der Waals surface area contributed by atoms with Crippen LogP contribution in [0, 0.1) is 0 Å². The lowest BCUT2D eigenvalue weighted by Crippen LogP contribution is -2.41. The Labute approximate surface area is 186 Å². The van der Waals surface area contributed by atoms with Gasteiger partial charge in [-0.25, -0.2) is 0 Å². The average Bonchev–Trinajstić information content (AvgIpc) is 3.33. The Kier molecular flexibility index (Phi) is 6.90. The molecule has 0 amide bonds. The molecule has 0 aliphatic carbocycles. The fourth-order valence-corrected chi connectivity index (χ4v) is 3.43. The number of rotatable bonds is 4. The minimum atomic E-state index is 0. The molecule has 0 saturated carbocycles. The van der Waals surface area contributed by atoms with E-state index in [1.165, 1.54) is 11.3 Å². The van der Waals surface area contributed by atoms with Crippen LogP contribution >= 0.6 is 35.6 Å². The van der Waals surface area contributed by atoms with Crippen molar-refractivity contribution in [2.45, 2.75) is 12.8 Å². The number of anilines is 1. The van der Waals surface area contributed by atoms with Gasteiger partial charge in [0.2, 0.25) is 11.7 Å². The highest BCUT2D eigenvalue weighted by molar-refractivity contribution is 14.0. The van der Waals surface area contributed by atoms with E-state index in [0.29, 0.717) is 29.7 Å². The number of aliphatic imine (C=N–C) groups is 1. The molecule has 6 nitrogen and oxygen atoms in total. The average molecular weight is 510 g/mol. The molecule has 1 aliphatic heterocycles. The number of hydrogen-bond donors (Lipinski definition) is 1. The zero-order valence-corrected chi connectivity index (χ0v) is 18.5. The van der Waals surface area contributed by atoms with Crippen molar-refractivity contribution in [2.24, 2.45) is 4.99 Å². The predicted octanol–water partition coefficient (Wildman–Crippen LogP) is 4.19. The Hall–Kier alpha value is -2.13. The number of halogens is 2. The molecule has 146 valence electrons. The van der Waals surface area contributed by atoms with Crippen molar-refractivity contribution in [2.75, 3.05) is 25.0 Å². The van der Waals surface area contributed by atoms with Crippen LogP contribution in [0.15, 0.2) is 58.0 Å². The summed E-state index contributed by atoms with van der Waals surface area (Å²) in [6, 6.07) is 15.8. The Bertz CT molecular complexity index is 974. The molecule has 28 heavy (non-hydrogen) atoms. The van der Waals surface area contributed by atoms with Crippen molar-refractivity contribution in [1.29, 1.82) is 0 Å². The summed E-state index contributed by atoms with van der Waals surface area (Å²) in [4.78, 5) is 11.1. The number of fused-ring (bicyclic) bond motifs is 1. The molecule has 0 saturated heterocycles. The summed E-state index contributed by atoms with van der Waals surface area (Å²) < 4.78 is 5.36. The van der Waals surface area contributed by atoms with Gasteiger partial charge in [0.25, 0.3) is 0 Å². The van der Waals surface area contributed by atoms with Gasteiger partial charge in [0.05, 0.1) is 0 Å². The third-order valence-electron chi connectivity index (χ3n) is 4.53. The zero-order valence-electron chi connectivity index (χ0n) is 15.4. The Morgan fingerprint density at radius 1 is 1.25 bits per heavy atom. The second-order valence-electron chi connectivity index (χ2n) is 6.28. The summed E-state index contributed by atoms with van der Waals surface area (Å²) in [5.41, 5.74) is 3.41. The van der Waals surface area contributed by atoms with E-state index in [4.69, 9.17) is 16.1 Å². The largest absolute Gasteiger partial charge is 0.355 e. The predicted molar refractivity (Wildman–Crippen MR) is 123 cm³/mol. The van der Waals surface area contributed by atoms with Gasteiger partial charge in [0.15, 0.2) is 5.96 Å². The van der Waals surface area contributed by atoms with Crippen molar-refractivity contribution in [3.05, 3.63) is 65.0 Å². The molecule has 0 radical (unpaired) electrons. The van der Waals surface area contributed by atoms with Gasteiger partial charge in [-0.15, -0.1) is 24.0 Å². The van der Waals surface area contributed by atoms with Crippen LogP contribution in [0.5, 0.6) is 0 Å². The molecule has 0 bridgehead atoms. The van der Waals surface area contributed by atoms with Gasteiger partial charge in [-0.3, -0.25) is 4.99 Å². The van der Waals surface area contributed by atoms with E-state index in [9.17, 15) is 0 Å². The normalized spacial score (nSPS) is 13.2. The third-order valence-corrected chi connectivity index (χ3v) is 4.76. The number of benzene rings is 2. The highest BCUT2D eigenvalue weighted by atomic mass is 127. The topological polar surface area (TPSA) is 66.5 Å². The maximum atomic E-state index is 6.02. The number of aromatic nitrogens is 2. The molecule has 0 fully saturated rings. The fourth-order valence-electron chi connectivity index (χ4n) is 3.24. The summed E-state index contributed by atoms with van der Waals surface area (Å²) in [7, 11) is 1.80. The quantitative estimate of drug-likeness (QED) is 0.325. The highest BCUT2D eigenvalue weighted by Crippen LogP contribution is 2.27. The number of nitrogens with one attached hydrogen (secondary N) is 1. The summed E-state index contributed by atoms with van der Waals surface area (Å²) in [5.74, 6) is 1.98. The number of nitrogens with zero attached hydrogens (tertiary/aromatic N) is 4. The maximum Gasteiger partial charge on any atom is 0.228 e. The van der Waals surface area contributed by atoms with Crippen LogP contribution in [0.25, 0.3) is 11.4 Å². The van der Waals surface area contributed by atoms with E-state index in [2.05, 4.69) is 49.6 Å². The van der Waals surface area contributed by atoms with Crippen LogP contribution in [0.3, 0.4) is 0 Å². The molecular formula is C20H21ClIN5O. The van der Waals surface area contributed by atoms with E-state index in [-0.39, 0.29) is 24.0 Å². The van der Waals surface area contributed by atoms with Gasteiger partial charge >= 0.3 is 0 Å². The summed E-state index contributed by atoms with van der Waals surface area (Å²) in [6.45, 7) is 1.58. The SMILES string of the molecule is CN=C(NCCc1nc(-c2cccc(Cl)c2)no1)N1CCc2ccccc21.I. The van der Waals surface area contributed by atoms with E-state index in [1.807, 2.05) is 24.3 Å². The second-order valence-corrected chi connectivity index (χ2v) is 6.71. The first-order valence-electron chi connectivity index (χ1n) is 8.89. The molecule has 1 N–H and O–H groups in total. The molecule has 2 heterocycles. The van der Waals surface area contributed by atoms with E-state index in [1.54, 1.807) is 7.05 Å². The zero-order chi connectivity index (χ0) is 18.6. The first-order chi connectivity index (χ1) is 13.2. The Morgan fingerprint density at radius 3 is 2.93 bits per heavy atom. The third kappa shape index (κ3) is 4.47. The van der Waals surface area contributed by atoms with Crippen LogP contribution < -0.4 is 10.2 Å². The lowest BCUT2D eigenvalue weighted by Gasteiger charge is -2.22. The monoisotopic (exact) mass is 509 g/mol. The highest BCUT2D eigenvalue weighted by Gasteiger charge is 2.22. The van der Waals surface area contributed by atoms with E-state index < -0.39 is 0 Å². The van der Waals surface area contributed by atoms with Crippen molar-refractivity contribution in [1.82, 2.24) is 15.5 Å². The van der Waals surface area contributed by atoms with Crippen molar-refractivity contribution in [3.63, 3.8) is 0 Å². The van der Waals surface area contributed by atoms with Gasteiger partial charge in [-0.05, 0) is 30.2 Å². The Balaban J connectivity index is 0.00000225. The van der Waals surface area contributed by atoms with Crippen LogP contribution in [0.2, 0.25) is 5.02 Å². The smallest absolute Gasteiger partial charge is 0.228 e. The number of guanidine groups is 1. The first kappa shape index (κ1) is 20.6. The molecule has 1 aliphatic rings. The van der Waals surface area contributed by atoms with Crippen molar-refractivity contribution >= 4 is 47.2 Å². The molecule has 0 spiro atoms. The molecule has 8 heteroatoms. The van der Waals surface area contributed by atoms with Crippen LogP contribution in [-0.4, -0.2) is 36.2 Å². The van der Waals surface area contributed by atoms with Gasteiger partial charge in [-0.2, -0.15) is 4.98 Å². The second kappa shape index (κ2) is 9.38. The van der Waals surface area contributed by atoms with Gasteiger partial charge < -0.3 is 14.7 Å². The first-order valence-corrected chi connectivity index (χ1v) is 9.27. The Morgan fingerprint density at radius 2 is 2.11 bits per heavy atom. The maximum absolute atomic E-state index is 6.02. The molecular weight excluding hydrogens is 489 g/mol. The van der Waals surface area contributed by atoms with Crippen LogP contribution in [0.1, 0.15) is 11.5 Å². The standard InChI is InChI=1S/C20H20ClN5O.HI/c1-22-20(26-12-10-14-5-2-3-8-17(14)26)23-11-9-18-24-19(25-27-18)15-6-4-7-16(21)13-15;/h2-8,13H,9-12H2,1H3,(H,22,23);1H. The molecule has 1 aromatic heterocycles. The van der Waals surface area contributed by atoms with E-state index >= 15 is 0 Å². The summed E-state index contributed by atoms with van der Waals surface area (Å²) in [6.07, 6.45) is 1.64. The molecule has 3 aromatic rings.